The molecule has 0 atom stereocenters. The molecule has 8 nitrogen and oxygen atoms in total. The van der Waals surface area contributed by atoms with E-state index in [1.54, 1.807) is 37.3 Å². The Hall–Kier alpha value is -2.66. The Morgan fingerprint density at radius 1 is 1.28 bits per heavy atom. The normalized spacial score (nSPS) is 10.4. The summed E-state index contributed by atoms with van der Waals surface area (Å²) in [4.78, 5) is 25.7. The molecule has 0 bridgehead atoms. The average molecular weight is 614 g/mol. The summed E-state index contributed by atoms with van der Waals surface area (Å²) in [5, 5.41) is 22.7. The topological polar surface area (TPSA) is 121 Å². The number of phenolic OH excluding ortho intramolecular Hbond substituents is 1. The lowest BCUT2D eigenvalue weighted by molar-refractivity contribution is 0.460. The van der Waals surface area contributed by atoms with E-state index in [1.807, 2.05) is 0 Å². The number of phenols is 1. The Labute approximate surface area is 191 Å². The van der Waals surface area contributed by atoms with Gasteiger partial charge in [-0.05, 0) is 88.0 Å². The van der Waals surface area contributed by atoms with Crippen molar-refractivity contribution in [2.75, 3.05) is 0 Å². The van der Waals surface area contributed by atoms with E-state index in [0.29, 0.717) is 35.5 Å². The van der Waals surface area contributed by atoms with Crippen LogP contribution in [0.3, 0.4) is 0 Å². The first-order chi connectivity index (χ1) is 13.7. The van der Waals surface area contributed by atoms with Gasteiger partial charge in [0.2, 0.25) is 5.69 Å². The highest BCUT2D eigenvalue weighted by molar-refractivity contribution is 14.1. The Morgan fingerprint density at radius 2 is 1.93 bits per heavy atom. The van der Waals surface area contributed by atoms with Crippen molar-refractivity contribution < 1.29 is 9.84 Å². The second-order valence-electron chi connectivity index (χ2n) is 5.93. The summed E-state index contributed by atoms with van der Waals surface area (Å²) in [6.45, 7) is 5.62. The van der Waals surface area contributed by atoms with Gasteiger partial charge in [-0.15, -0.1) is 5.10 Å². The van der Waals surface area contributed by atoms with Gasteiger partial charge >= 0.3 is 5.69 Å². The lowest BCUT2D eigenvalue weighted by Gasteiger charge is -2.14. The van der Waals surface area contributed by atoms with E-state index in [9.17, 15) is 14.7 Å². The number of nitriles is 1. The third kappa shape index (κ3) is 4.35. The summed E-state index contributed by atoms with van der Waals surface area (Å²) in [5.41, 5.74) is -0.345. The Morgan fingerprint density at radius 3 is 2.52 bits per heavy atom. The maximum absolute atomic E-state index is 12.1. The van der Waals surface area contributed by atoms with Crippen LogP contribution in [0.2, 0.25) is 0 Å². The molecular weight excluding hydrogens is 602 g/mol. The summed E-state index contributed by atoms with van der Waals surface area (Å²) in [5.74, 6) is 1.17. The summed E-state index contributed by atoms with van der Waals surface area (Å²) in [7, 11) is 0. The number of H-pyrrole nitrogens is 1. The number of hydrogen-bond acceptors (Lipinski definition) is 6. The first-order valence-corrected chi connectivity index (χ1v) is 10.2. The van der Waals surface area contributed by atoms with Crippen molar-refractivity contribution in [1.29, 1.82) is 5.26 Å². The number of rotatable bonds is 4. The number of aromatic nitrogens is 3. The van der Waals surface area contributed by atoms with Crippen LogP contribution in [0.25, 0.3) is 11.3 Å². The van der Waals surface area contributed by atoms with Crippen molar-refractivity contribution >= 4 is 50.8 Å². The summed E-state index contributed by atoms with van der Waals surface area (Å²) < 4.78 is 8.29. The lowest BCUT2D eigenvalue weighted by Crippen LogP contribution is -2.33. The number of benzene rings is 2. The van der Waals surface area contributed by atoms with Crippen LogP contribution in [0.5, 0.6) is 17.2 Å². The number of nitrogens with zero attached hydrogens (tertiary/aromatic N) is 3. The van der Waals surface area contributed by atoms with Gasteiger partial charge in [0.05, 0.1) is 12.8 Å². The molecule has 2 N–H and O–H groups in total. The summed E-state index contributed by atoms with van der Waals surface area (Å²) >= 11 is 4.11. The molecule has 0 amide bonds. The molecule has 0 aliphatic rings. The van der Waals surface area contributed by atoms with E-state index in [-0.39, 0.29) is 5.75 Å². The van der Waals surface area contributed by atoms with Crippen LogP contribution >= 0.6 is 45.2 Å². The second-order valence-corrected chi connectivity index (χ2v) is 8.26. The summed E-state index contributed by atoms with van der Waals surface area (Å²) in [6, 6.07) is 9.79. The van der Waals surface area contributed by atoms with Gasteiger partial charge < -0.3 is 9.84 Å². The van der Waals surface area contributed by atoms with Crippen molar-refractivity contribution in [2.24, 2.45) is 0 Å². The highest BCUT2D eigenvalue weighted by Crippen LogP contribution is 2.36. The molecule has 0 unspecified atom stereocenters. The number of halogens is 2. The smallest absolute Gasteiger partial charge is 0.349 e. The zero-order chi connectivity index (χ0) is 21.3. The molecule has 146 valence electrons. The maximum Gasteiger partial charge on any atom is 0.349 e. The molecule has 0 fully saturated rings. The standard InChI is InChI=1S/C19H12I2N4O4/c1-9(2)12-7-11(3-4-16(12)26)29-17-13(20)5-10(6-14(17)21)25-19(28)23-18(27)15(8-22)24-25/h3-7,26H,1H2,2H3,(H,23,27,28). The van der Waals surface area contributed by atoms with Crippen LogP contribution in [0.1, 0.15) is 18.2 Å². The first-order valence-electron chi connectivity index (χ1n) is 8.01. The van der Waals surface area contributed by atoms with Crippen molar-refractivity contribution in [3.8, 4) is 29.0 Å². The number of aromatic hydroxyl groups is 1. The van der Waals surface area contributed by atoms with Crippen molar-refractivity contribution in [3.63, 3.8) is 0 Å². The largest absolute Gasteiger partial charge is 0.507 e. The van der Waals surface area contributed by atoms with Gasteiger partial charge in [-0.2, -0.15) is 9.94 Å². The van der Waals surface area contributed by atoms with Crippen LogP contribution in [0, 0.1) is 18.5 Å². The minimum atomic E-state index is -0.834. The van der Waals surface area contributed by atoms with Gasteiger partial charge in [0, 0.05) is 5.56 Å². The van der Waals surface area contributed by atoms with Crippen LogP contribution in [-0.4, -0.2) is 19.9 Å². The molecule has 0 radical (unpaired) electrons. The van der Waals surface area contributed by atoms with Crippen molar-refractivity contribution in [3.05, 3.63) is 76.1 Å². The molecule has 0 saturated carbocycles. The van der Waals surface area contributed by atoms with Gasteiger partial charge in [0.25, 0.3) is 5.56 Å². The molecule has 3 rings (SSSR count). The van der Waals surface area contributed by atoms with Gasteiger partial charge in [0.1, 0.15) is 17.6 Å². The lowest BCUT2D eigenvalue weighted by atomic mass is 10.1. The number of hydrogen-bond donors (Lipinski definition) is 2. The molecule has 0 spiro atoms. The fourth-order valence-corrected chi connectivity index (χ4v) is 4.41. The van der Waals surface area contributed by atoms with Crippen LogP contribution < -0.4 is 16.0 Å². The van der Waals surface area contributed by atoms with E-state index in [4.69, 9.17) is 10.00 Å². The minimum Gasteiger partial charge on any atom is -0.507 e. The fraction of sp³-hybridized carbons (Fsp3) is 0.0526. The molecule has 1 heterocycles. The molecule has 2 aromatic carbocycles. The van der Waals surface area contributed by atoms with E-state index in [0.717, 1.165) is 4.68 Å². The van der Waals surface area contributed by atoms with E-state index >= 15 is 0 Å². The average Bonchev–Trinajstić information content (AvgIpc) is 2.65. The highest BCUT2D eigenvalue weighted by atomic mass is 127. The van der Waals surface area contributed by atoms with Crippen molar-refractivity contribution in [1.82, 2.24) is 14.8 Å². The van der Waals surface area contributed by atoms with Crippen molar-refractivity contribution in [2.45, 2.75) is 6.92 Å². The van der Waals surface area contributed by atoms with E-state index in [1.165, 1.54) is 6.07 Å². The van der Waals surface area contributed by atoms with Gasteiger partial charge in [-0.1, -0.05) is 6.58 Å². The predicted molar refractivity (Wildman–Crippen MR) is 123 cm³/mol. The SMILES string of the molecule is C=C(C)c1cc(Oc2c(I)cc(-n3nc(C#N)c(=O)[nH]c3=O)cc2I)ccc1O. The number of allylic oxidation sites excluding steroid dienone is 1. The quantitative estimate of drug-likeness (QED) is 0.434. The molecule has 0 aliphatic heterocycles. The molecule has 29 heavy (non-hydrogen) atoms. The molecule has 0 saturated heterocycles. The summed E-state index contributed by atoms with van der Waals surface area (Å²) in [6.07, 6.45) is 0. The monoisotopic (exact) mass is 614 g/mol. The first kappa shape index (κ1) is 21.1. The molecule has 0 aliphatic carbocycles. The fourth-order valence-electron chi connectivity index (χ4n) is 2.45. The van der Waals surface area contributed by atoms with Crippen LogP contribution in [0.15, 0.2) is 46.5 Å². The maximum atomic E-state index is 12.1. The third-order valence-corrected chi connectivity index (χ3v) is 5.41. The Kier molecular flexibility index (Phi) is 6.08. The van der Waals surface area contributed by atoms with Gasteiger partial charge in [-0.25, -0.2) is 4.79 Å². The predicted octanol–water partition coefficient (Wildman–Crippen LogP) is 3.53. The third-order valence-electron chi connectivity index (χ3n) is 3.81. The molecular formula is C19H12I2N4O4. The Bertz CT molecular complexity index is 1280. The number of ether oxygens (including phenoxy) is 1. The van der Waals surface area contributed by atoms with Gasteiger partial charge in [-0.3, -0.25) is 9.78 Å². The second kappa shape index (κ2) is 8.37. The molecule has 3 aromatic rings. The number of aromatic amines is 1. The zero-order valence-electron chi connectivity index (χ0n) is 14.9. The zero-order valence-corrected chi connectivity index (χ0v) is 19.2. The minimum absolute atomic E-state index is 0.112. The molecule has 10 heteroatoms. The highest BCUT2D eigenvalue weighted by Gasteiger charge is 2.15. The van der Waals surface area contributed by atoms with Crippen LogP contribution in [0.4, 0.5) is 0 Å². The number of nitrogens with one attached hydrogen (secondary N) is 1. The van der Waals surface area contributed by atoms with E-state index < -0.39 is 16.9 Å². The molecule has 1 aromatic heterocycles. The van der Waals surface area contributed by atoms with Gasteiger partial charge in [0.15, 0.2) is 5.75 Å². The Balaban J connectivity index is 2.05. The van der Waals surface area contributed by atoms with Crippen LogP contribution in [-0.2, 0) is 0 Å². The van der Waals surface area contributed by atoms with E-state index in [2.05, 4.69) is 61.8 Å².